The molecule has 74 valence electrons. The molecule has 1 aromatic heterocycles. The highest BCUT2D eigenvalue weighted by molar-refractivity contribution is 14.1. The zero-order chi connectivity index (χ0) is 10.4. The Bertz CT molecular complexity index is 354. The zero-order valence-electron chi connectivity index (χ0n) is 7.11. The molecular formula is C9H7BrINO2. The van der Waals surface area contributed by atoms with Crippen molar-refractivity contribution in [1.29, 1.82) is 0 Å². The summed E-state index contributed by atoms with van der Waals surface area (Å²) in [6.07, 6.45) is 3.36. The summed E-state index contributed by atoms with van der Waals surface area (Å²) in [6.45, 7) is 0.281. The molecule has 1 heterocycles. The largest absolute Gasteiger partial charge is 0.458 e. The van der Waals surface area contributed by atoms with Crippen molar-refractivity contribution in [3.8, 4) is 0 Å². The molecule has 0 unspecified atom stereocenters. The van der Waals surface area contributed by atoms with Crippen molar-refractivity contribution in [2.24, 2.45) is 0 Å². The Kier molecular flexibility index (Phi) is 5.10. The Morgan fingerprint density at radius 1 is 1.71 bits per heavy atom. The second kappa shape index (κ2) is 6.13. The lowest BCUT2D eigenvalue weighted by molar-refractivity contribution is 0.0548. The van der Waals surface area contributed by atoms with E-state index in [1.165, 1.54) is 0 Å². The Labute approximate surface area is 104 Å². The number of nitrogens with zero attached hydrogens (tertiary/aromatic N) is 1. The molecule has 0 saturated carbocycles. The van der Waals surface area contributed by atoms with Gasteiger partial charge < -0.3 is 4.74 Å². The summed E-state index contributed by atoms with van der Waals surface area (Å²) in [6, 6.07) is 3.35. The first-order chi connectivity index (χ1) is 6.75. The summed E-state index contributed by atoms with van der Waals surface area (Å²) in [5, 5.41) is 0. The van der Waals surface area contributed by atoms with Crippen molar-refractivity contribution in [2.75, 3.05) is 6.61 Å². The number of carbonyl (C=O) groups is 1. The van der Waals surface area contributed by atoms with E-state index in [1.54, 1.807) is 28.5 Å². The maximum atomic E-state index is 11.4. The van der Waals surface area contributed by atoms with Crippen molar-refractivity contribution in [3.63, 3.8) is 0 Å². The first-order valence-electron chi connectivity index (χ1n) is 3.78. The van der Waals surface area contributed by atoms with Crippen molar-refractivity contribution in [1.82, 2.24) is 4.98 Å². The van der Waals surface area contributed by atoms with Gasteiger partial charge in [-0.1, -0.05) is 22.6 Å². The number of ether oxygens (including phenoxy) is 1. The van der Waals surface area contributed by atoms with Gasteiger partial charge in [0.1, 0.15) is 11.2 Å². The minimum Gasteiger partial charge on any atom is -0.458 e. The monoisotopic (exact) mass is 367 g/mol. The van der Waals surface area contributed by atoms with Gasteiger partial charge in [0.15, 0.2) is 0 Å². The standard InChI is InChI=1S/C9H7BrINO2/c10-8-7(3-1-5-12-8)9(13)14-6-2-4-11/h1-5H,6H2/b4-2-. The number of aromatic nitrogens is 1. The molecule has 0 fully saturated rings. The van der Waals surface area contributed by atoms with Gasteiger partial charge in [-0.25, -0.2) is 9.78 Å². The lowest BCUT2D eigenvalue weighted by Gasteiger charge is -2.02. The maximum absolute atomic E-state index is 11.4. The molecule has 0 amide bonds. The van der Waals surface area contributed by atoms with Crippen LogP contribution in [0.3, 0.4) is 0 Å². The van der Waals surface area contributed by atoms with E-state index in [4.69, 9.17) is 4.74 Å². The second-order valence-corrected chi connectivity index (χ2v) is 3.77. The fourth-order valence-corrected chi connectivity index (χ4v) is 1.40. The Morgan fingerprint density at radius 2 is 2.50 bits per heavy atom. The molecule has 0 aliphatic rings. The van der Waals surface area contributed by atoms with E-state index in [-0.39, 0.29) is 12.6 Å². The molecule has 1 aromatic rings. The van der Waals surface area contributed by atoms with Crippen molar-refractivity contribution >= 4 is 44.5 Å². The highest BCUT2D eigenvalue weighted by atomic mass is 127. The third kappa shape index (κ3) is 3.38. The molecule has 0 saturated heterocycles. The number of esters is 1. The van der Waals surface area contributed by atoms with Crippen molar-refractivity contribution in [2.45, 2.75) is 0 Å². The lowest BCUT2D eigenvalue weighted by Crippen LogP contribution is -2.06. The van der Waals surface area contributed by atoms with Crippen LogP contribution < -0.4 is 0 Å². The van der Waals surface area contributed by atoms with E-state index in [9.17, 15) is 4.79 Å². The van der Waals surface area contributed by atoms with Gasteiger partial charge in [0.2, 0.25) is 0 Å². The number of rotatable bonds is 3. The smallest absolute Gasteiger partial charge is 0.341 e. The maximum Gasteiger partial charge on any atom is 0.341 e. The predicted molar refractivity (Wildman–Crippen MR) is 65.4 cm³/mol. The van der Waals surface area contributed by atoms with Crippen molar-refractivity contribution < 1.29 is 9.53 Å². The van der Waals surface area contributed by atoms with Gasteiger partial charge in [0, 0.05) is 6.20 Å². The first kappa shape index (κ1) is 11.6. The van der Waals surface area contributed by atoms with Crippen LogP contribution in [0.15, 0.2) is 33.1 Å². The average molecular weight is 368 g/mol. The number of hydrogen-bond acceptors (Lipinski definition) is 3. The third-order valence-corrected chi connectivity index (χ3v) is 2.52. The fourth-order valence-electron chi connectivity index (χ4n) is 0.776. The molecule has 0 spiro atoms. The van der Waals surface area contributed by atoms with E-state index < -0.39 is 0 Å². The number of carbonyl (C=O) groups excluding carboxylic acids is 1. The van der Waals surface area contributed by atoms with E-state index in [2.05, 4.69) is 43.5 Å². The number of hydrogen-bond donors (Lipinski definition) is 0. The summed E-state index contributed by atoms with van der Waals surface area (Å²) in [4.78, 5) is 15.3. The van der Waals surface area contributed by atoms with E-state index in [0.717, 1.165) is 0 Å². The molecular weight excluding hydrogens is 361 g/mol. The SMILES string of the molecule is O=C(OC/C=C\I)c1cccnc1Br. The zero-order valence-corrected chi connectivity index (χ0v) is 10.9. The highest BCUT2D eigenvalue weighted by Gasteiger charge is 2.10. The molecule has 3 nitrogen and oxygen atoms in total. The van der Waals surface area contributed by atoms with Crippen LogP contribution in [-0.2, 0) is 4.74 Å². The Balaban J connectivity index is 2.65. The Morgan fingerprint density at radius 3 is 3.14 bits per heavy atom. The molecule has 0 aliphatic heterocycles. The molecule has 5 heteroatoms. The van der Waals surface area contributed by atoms with Crippen LogP contribution in [0.2, 0.25) is 0 Å². The number of pyridine rings is 1. The molecule has 0 aliphatic carbocycles. The van der Waals surface area contributed by atoms with Crippen LogP contribution in [-0.4, -0.2) is 17.6 Å². The van der Waals surface area contributed by atoms with Crippen LogP contribution >= 0.6 is 38.5 Å². The topological polar surface area (TPSA) is 39.2 Å². The van der Waals surface area contributed by atoms with Gasteiger partial charge >= 0.3 is 5.97 Å². The third-order valence-electron chi connectivity index (χ3n) is 1.38. The van der Waals surface area contributed by atoms with Crippen LogP contribution in [0.5, 0.6) is 0 Å². The summed E-state index contributed by atoms with van der Waals surface area (Å²) in [5.74, 6) is -0.375. The van der Waals surface area contributed by atoms with Gasteiger partial charge in [-0.3, -0.25) is 0 Å². The van der Waals surface area contributed by atoms with Gasteiger partial charge in [-0.15, -0.1) is 0 Å². The van der Waals surface area contributed by atoms with Crippen LogP contribution in [0.25, 0.3) is 0 Å². The molecule has 0 N–H and O–H groups in total. The highest BCUT2D eigenvalue weighted by Crippen LogP contribution is 2.13. The lowest BCUT2D eigenvalue weighted by atomic mass is 10.3. The molecule has 1 rings (SSSR count). The molecule has 0 aromatic carbocycles. The summed E-state index contributed by atoms with van der Waals surface area (Å²) in [5.41, 5.74) is 0.439. The second-order valence-electron chi connectivity index (χ2n) is 2.30. The summed E-state index contributed by atoms with van der Waals surface area (Å²) in [7, 11) is 0. The van der Waals surface area contributed by atoms with E-state index in [0.29, 0.717) is 10.2 Å². The predicted octanol–water partition coefficient (Wildman–Crippen LogP) is 2.95. The van der Waals surface area contributed by atoms with Gasteiger partial charge in [-0.2, -0.15) is 0 Å². The van der Waals surface area contributed by atoms with Gasteiger partial charge in [0.25, 0.3) is 0 Å². The average Bonchev–Trinajstić information content (AvgIpc) is 2.18. The van der Waals surface area contributed by atoms with Gasteiger partial charge in [0.05, 0.1) is 5.56 Å². The molecule has 14 heavy (non-hydrogen) atoms. The van der Waals surface area contributed by atoms with Crippen molar-refractivity contribution in [3.05, 3.63) is 38.7 Å². The normalized spacial score (nSPS) is 10.4. The van der Waals surface area contributed by atoms with Gasteiger partial charge in [-0.05, 0) is 38.2 Å². The van der Waals surface area contributed by atoms with Crippen LogP contribution in [0.1, 0.15) is 10.4 Å². The summed E-state index contributed by atoms with van der Waals surface area (Å²) >= 11 is 5.24. The fraction of sp³-hybridized carbons (Fsp3) is 0.111. The molecule has 0 bridgehead atoms. The molecule has 0 radical (unpaired) electrons. The number of halogens is 2. The minimum absolute atomic E-state index is 0.281. The Hall–Kier alpha value is -0.430. The quantitative estimate of drug-likeness (QED) is 0.468. The minimum atomic E-state index is -0.375. The summed E-state index contributed by atoms with van der Waals surface area (Å²) < 4.78 is 7.25. The first-order valence-corrected chi connectivity index (χ1v) is 5.82. The van der Waals surface area contributed by atoms with Crippen LogP contribution in [0.4, 0.5) is 0 Å². The van der Waals surface area contributed by atoms with Crippen LogP contribution in [0, 0.1) is 0 Å². The van der Waals surface area contributed by atoms with E-state index >= 15 is 0 Å². The van der Waals surface area contributed by atoms with E-state index in [1.807, 2.05) is 0 Å². The molecule has 0 atom stereocenters.